The van der Waals surface area contributed by atoms with Gasteiger partial charge in [0.15, 0.2) is 0 Å². The molecule has 3 aromatic rings. The van der Waals surface area contributed by atoms with Gasteiger partial charge in [0, 0.05) is 22.4 Å². The Morgan fingerprint density at radius 2 is 1.55 bits per heavy atom. The maximum absolute atomic E-state index is 12.8. The van der Waals surface area contributed by atoms with E-state index in [0.717, 1.165) is 0 Å². The van der Waals surface area contributed by atoms with E-state index in [1.54, 1.807) is 47.8 Å². The molecule has 2 N–H and O–H groups in total. The van der Waals surface area contributed by atoms with E-state index in [1.807, 2.05) is 18.2 Å². The Morgan fingerprint density at radius 1 is 0.839 bits per heavy atom. The van der Waals surface area contributed by atoms with E-state index in [9.17, 15) is 22.8 Å². The summed E-state index contributed by atoms with van der Waals surface area (Å²) >= 11 is 0. The summed E-state index contributed by atoms with van der Waals surface area (Å²) in [5, 5.41) is 4.47. The van der Waals surface area contributed by atoms with Crippen molar-refractivity contribution in [3.63, 3.8) is 0 Å². The number of benzene rings is 3. The van der Waals surface area contributed by atoms with Crippen LogP contribution in [-0.2, 0) is 6.61 Å². The van der Waals surface area contributed by atoms with Crippen LogP contribution in [0.2, 0.25) is 0 Å². The summed E-state index contributed by atoms with van der Waals surface area (Å²) in [7, 11) is 0. The summed E-state index contributed by atoms with van der Waals surface area (Å²) in [6, 6.07) is 21.7. The van der Waals surface area contributed by atoms with Crippen LogP contribution < -0.4 is 15.4 Å². The van der Waals surface area contributed by atoms with Crippen LogP contribution in [0.25, 0.3) is 0 Å². The van der Waals surface area contributed by atoms with Crippen LogP contribution in [0.4, 0.5) is 18.9 Å². The molecule has 0 aliphatic heterocycles. The average Bonchev–Trinajstić information content (AvgIpc) is 2.76. The van der Waals surface area contributed by atoms with Crippen LogP contribution in [0.1, 0.15) is 26.3 Å². The number of carbonyl (C=O) groups excluding carboxylic acids is 2. The molecule has 0 bridgehead atoms. The first-order valence-electron chi connectivity index (χ1n) is 9.34. The number of hydrogen-bond acceptors (Lipinski definition) is 3. The largest absolute Gasteiger partial charge is 0.489 e. The van der Waals surface area contributed by atoms with Crippen molar-refractivity contribution < 1.29 is 27.5 Å². The smallest absolute Gasteiger partial charge is 0.405 e. The zero-order valence-electron chi connectivity index (χ0n) is 16.3. The Balaban J connectivity index is 1.68. The van der Waals surface area contributed by atoms with Crippen molar-refractivity contribution >= 4 is 17.5 Å². The van der Waals surface area contributed by atoms with Crippen molar-refractivity contribution in [1.82, 2.24) is 5.32 Å². The monoisotopic (exact) mass is 428 g/mol. The fourth-order valence-corrected chi connectivity index (χ4v) is 2.76. The maximum atomic E-state index is 12.8. The van der Waals surface area contributed by atoms with Crippen molar-refractivity contribution in [2.75, 3.05) is 11.9 Å². The number of nitrogens with one attached hydrogen (secondary N) is 2. The van der Waals surface area contributed by atoms with Gasteiger partial charge in [-0.3, -0.25) is 9.59 Å². The molecule has 0 heterocycles. The summed E-state index contributed by atoms with van der Waals surface area (Å²) in [6.07, 6.45) is -4.51. The van der Waals surface area contributed by atoms with Crippen LogP contribution in [0, 0.1) is 0 Å². The van der Waals surface area contributed by atoms with Gasteiger partial charge in [0.25, 0.3) is 11.8 Å². The molecule has 0 atom stereocenters. The lowest BCUT2D eigenvalue weighted by molar-refractivity contribution is -0.123. The van der Waals surface area contributed by atoms with E-state index in [0.29, 0.717) is 16.9 Å². The minimum absolute atomic E-state index is 0.00254. The Morgan fingerprint density at radius 3 is 2.29 bits per heavy atom. The highest BCUT2D eigenvalue weighted by Gasteiger charge is 2.28. The van der Waals surface area contributed by atoms with Crippen LogP contribution in [0.3, 0.4) is 0 Å². The van der Waals surface area contributed by atoms with Crippen molar-refractivity contribution in [2.24, 2.45) is 0 Å². The molecule has 0 unspecified atom stereocenters. The number of para-hydroxylation sites is 1. The third-order valence-electron chi connectivity index (χ3n) is 4.23. The van der Waals surface area contributed by atoms with E-state index in [-0.39, 0.29) is 17.9 Å². The minimum atomic E-state index is -4.51. The summed E-state index contributed by atoms with van der Waals surface area (Å²) < 4.78 is 42.6. The molecule has 3 rings (SSSR count). The first-order chi connectivity index (χ1) is 14.8. The summed E-state index contributed by atoms with van der Waals surface area (Å²) in [5.41, 5.74) is 1.32. The maximum Gasteiger partial charge on any atom is 0.405 e. The lowest BCUT2D eigenvalue weighted by Crippen LogP contribution is -2.33. The van der Waals surface area contributed by atoms with Crippen molar-refractivity contribution in [3.8, 4) is 5.75 Å². The van der Waals surface area contributed by atoms with Crippen LogP contribution in [0.15, 0.2) is 78.9 Å². The van der Waals surface area contributed by atoms with E-state index < -0.39 is 24.5 Å². The molecular formula is C23H19F3N2O3. The second kappa shape index (κ2) is 9.80. The molecular weight excluding hydrogens is 409 g/mol. The van der Waals surface area contributed by atoms with Crippen molar-refractivity contribution in [1.29, 1.82) is 0 Å². The fourth-order valence-electron chi connectivity index (χ4n) is 2.76. The van der Waals surface area contributed by atoms with Gasteiger partial charge >= 0.3 is 6.18 Å². The van der Waals surface area contributed by atoms with Crippen LogP contribution in [-0.4, -0.2) is 24.5 Å². The number of hydrogen-bond donors (Lipinski definition) is 2. The second-order valence-corrected chi connectivity index (χ2v) is 6.59. The number of anilines is 1. The molecule has 0 radical (unpaired) electrons. The number of halogens is 3. The molecule has 8 heteroatoms. The van der Waals surface area contributed by atoms with Crippen molar-refractivity contribution in [2.45, 2.75) is 12.8 Å². The molecule has 2 amide bonds. The summed E-state index contributed by atoms with van der Waals surface area (Å²) in [6.45, 7) is -1.26. The van der Waals surface area contributed by atoms with E-state index >= 15 is 0 Å². The zero-order chi connectivity index (χ0) is 22.3. The van der Waals surface area contributed by atoms with Gasteiger partial charge in [-0.25, -0.2) is 0 Å². The predicted octanol–water partition coefficient (Wildman–Crippen LogP) is 4.81. The minimum Gasteiger partial charge on any atom is -0.489 e. The molecule has 5 nitrogen and oxygen atoms in total. The van der Waals surface area contributed by atoms with Gasteiger partial charge in [0.2, 0.25) is 0 Å². The Kier molecular flexibility index (Phi) is 6.92. The topological polar surface area (TPSA) is 67.4 Å². The molecule has 0 saturated heterocycles. The third-order valence-corrected chi connectivity index (χ3v) is 4.23. The lowest BCUT2D eigenvalue weighted by atomic mass is 10.1. The second-order valence-electron chi connectivity index (χ2n) is 6.59. The Hall–Kier alpha value is -3.81. The van der Waals surface area contributed by atoms with Gasteiger partial charge in [-0.15, -0.1) is 0 Å². The van der Waals surface area contributed by atoms with E-state index in [4.69, 9.17) is 4.74 Å². The van der Waals surface area contributed by atoms with E-state index in [2.05, 4.69) is 5.32 Å². The molecule has 0 aromatic heterocycles. The van der Waals surface area contributed by atoms with E-state index in [1.165, 1.54) is 18.2 Å². The summed E-state index contributed by atoms with van der Waals surface area (Å²) in [4.78, 5) is 24.7. The molecule has 3 aromatic carbocycles. The Labute approximate surface area is 176 Å². The number of carbonyl (C=O) groups is 2. The van der Waals surface area contributed by atoms with Gasteiger partial charge in [-0.2, -0.15) is 13.2 Å². The molecule has 0 spiro atoms. The number of amides is 2. The quantitative estimate of drug-likeness (QED) is 0.568. The Bertz CT molecular complexity index is 1050. The predicted molar refractivity (Wildman–Crippen MR) is 110 cm³/mol. The average molecular weight is 428 g/mol. The first-order valence-corrected chi connectivity index (χ1v) is 9.34. The normalized spacial score (nSPS) is 10.9. The standard InChI is InChI=1S/C23H19F3N2O3/c24-23(25,26)15-27-21(29)16-8-6-9-18(13-16)28-22(30)20-12-5-4-7-17(20)14-31-19-10-2-1-3-11-19/h1-13H,14-15H2,(H,27,29)(H,28,30). The SMILES string of the molecule is O=C(NCC(F)(F)F)c1cccc(NC(=O)c2ccccc2COc2ccccc2)c1. The van der Waals surface area contributed by atoms with Crippen LogP contribution in [0.5, 0.6) is 5.75 Å². The summed E-state index contributed by atoms with van der Waals surface area (Å²) in [5.74, 6) is -0.652. The highest BCUT2D eigenvalue weighted by Crippen LogP contribution is 2.18. The third kappa shape index (κ3) is 6.60. The van der Waals surface area contributed by atoms with Gasteiger partial charge in [-0.1, -0.05) is 42.5 Å². The number of rotatable bonds is 7. The fraction of sp³-hybridized carbons (Fsp3) is 0.130. The van der Waals surface area contributed by atoms with Gasteiger partial charge in [0.05, 0.1) is 0 Å². The molecule has 0 fully saturated rings. The molecule has 0 aliphatic rings. The molecule has 0 saturated carbocycles. The highest BCUT2D eigenvalue weighted by molar-refractivity contribution is 6.06. The zero-order valence-corrected chi connectivity index (χ0v) is 16.3. The lowest BCUT2D eigenvalue weighted by Gasteiger charge is -2.12. The van der Waals surface area contributed by atoms with Gasteiger partial charge < -0.3 is 15.4 Å². The highest BCUT2D eigenvalue weighted by atomic mass is 19.4. The van der Waals surface area contributed by atoms with Gasteiger partial charge in [-0.05, 0) is 36.4 Å². The van der Waals surface area contributed by atoms with Crippen molar-refractivity contribution in [3.05, 3.63) is 95.6 Å². The van der Waals surface area contributed by atoms with Gasteiger partial charge in [0.1, 0.15) is 18.9 Å². The number of alkyl halides is 3. The molecule has 0 aliphatic carbocycles. The molecule has 160 valence electrons. The molecule has 31 heavy (non-hydrogen) atoms. The van der Waals surface area contributed by atoms with Crippen LogP contribution >= 0.6 is 0 Å². The number of ether oxygens (including phenoxy) is 1. The first kappa shape index (κ1) is 21.9.